The lowest BCUT2D eigenvalue weighted by molar-refractivity contribution is 0.0224. The minimum Gasteiger partial charge on any atom is -0.491 e. The first-order valence-electron chi connectivity index (χ1n) is 15.1. The number of benzene rings is 5. The van der Waals surface area contributed by atoms with E-state index in [4.69, 9.17) is 25.8 Å². The lowest BCUT2D eigenvalue weighted by Gasteiger charge is -2.38. The summed E-state index contributed by atoms with van der Waals surface area (Å²) >= 11 is 6.13. The molecule has 1 unspecified atom stereocenters. The van der Waals surface area contributed by atoms with Gasteiger partial charge in [0, 0.05) is 57.1 Å². The molecule has 0 saturated heterocycles. The lowest BCUT2D eigenvalue weighted by Crippen LogP contribution is -2.33. The van der Waals surface area contributed by atoms with E-state index in [0.717, 1.165) is 57.3 Å². The fraction of sp³-hybridized carbons (Fsp3) is 0.184. The topological polar surface area (TPSA) is 60.0 Å². The van der Waals surface area contributed by atoms with Crippen molar-refractivity contribution in [3.63, 3.8) is 0 Å². The molecule has 0 radical (unpaired) electrons. The Morgan fingerprint density at radius 1 is 0.844 bits per heavy atom. The molecular weight excluding hydrogens is 584 g/mol. The number of esters is 1. The van der Waals surface area contributed by atoms with Crippen LogP contribution in [-0.2, 0) is 10.3 Å². The van der Waals surface area contributed by atoms with Crippen LogP contribution in [0.1, 0.15) is 53.4 Å². The molecular formula is C38H33ClN2O4. The van der Waals surface area contributed by atoms with Crippen molar-refractivity contribution < 1.29 is 19.0 Å². The highest BCUT2D eigenvalue weighted by Crippen LogP contribution is 2.57. The zero-order valence-electron chi connectivity index (χ0n) is 25.6. The van der Waals surface area contributed by atoms with Gasteiger partial charge in [-0.05, 0) is 112 Å². The van der Waals surface area contributed by atoms with Crippen LogP contribution in [0.5, 0.6) is 17.2 Å². The van der Waals surface area contributed by atoms with Crippen LogP contribution in [0, 0.1) is 6.92 Å². The van der Waals surface area contributed by atoms with Gasteiger partial charge in [-0.15, -0.1) is 0 Å². The second-order valence-electron chi connectivity index (χ2n) is 11.6. The van der Waals surface area contributed by atoms with Gasteiger partial charge >= 0.3 is 5.97 Å². The fourth-order valence-corrected chi connectivity index (χ4v) is 6.42. The van der Waals surface area contributed by atoms with Crippen LogP contribution in [0.3, 0.4) is 0 Å². The van der Waals surface area contributed by atoms with Crippen molar-refractivity contribution >= 4 is 40.3 Å². The maximum atomic E-state index is 13.4. The second-order valence-corrected chi connectivity index (χ2v) is 12.0. The number of carbonyl (C=O) groups excluding carboxylic acids is 1. The normalized spacial score (nSPS) is 16.0. The standard InChI is InChI=1S/C38H33ClN2O4/c1-5-41(27-14-17-29(18-15-27)43-23(2)3)28-16-19-32-36(21-28)44-35-20-24(4)34(40-26-12-10-25(39)11-13-26)22-33(35)38(32)31-9-7-6-8-30(31)37(42)45-38/h6-23,40H,5H2,1-4H3. The molecule has 0 aliphatic carbocycles. The molecule has 7 heteroatoms. The fourth-order valence-electron chi connectivity index (χ4n) is 6.29. The van der Waals surface area contributed by atoms with Gasteiger partial charge in [0.2, 0.25) is 0 Å². The van der Waals surface area contributed by atoms with Crippen molar-refractivity contribution in [1.82, 2.24) is 0 Å². The SMILES string of the molecule is CCN(c1ccc(OC(C)C)cc1)c1ccc2c(c1)Oc1cc(C)c(Nc3ccc(Cl)cc3)cc1C21OC(=O)c2ccccc21. The molecule has 226 valence electrons. The predicted molar refractivity (Wildman–Crippen MR) is 179 cm³/mol. The quantitative estimate of drug-likeness (QED) is 0.184. The zero-order valence-corrected chi connectivity index (χ0v) is 26.3. The van der Waals surface area contributed by atoms with Crippen LogP contribution in [0.2, 0.25) is 5.02 Å². The van der Waals surface area contributed by atoms with Gasteiger partial charge in [-0.2, -0.15) is 0 Å². The van der Waals surface area contributed by atoms with Gasteiger partial charge in [0.1, 0.15) is 17.2 Å². The third-order valence-electron chi connectivity index (χ3n) is 8.31. The number of carbonyl (C=O) groups is 1. The van der Waals surface area contributed by atoms with Crippen molar-refractivity contribution in [1.29, 1.82) is 0 Å². The molecule has 5 aromatic rings. The molecule has 0 amide bonds. The van der Waals surface area contributed by atoms with Crippen LogP contribution in [0.4, 0.5) is 22.7 Å². The van der Waals surface area contributed by atoms with Crippen LogP contribution in [0.25, 0.3) is 0 Å². The highest BCUT2D eigenvalue weighted by molar-refractivity contribution is 6.30. The Bertz CT molecular complexity index is 1920. The van der Waals surface area contributed by atoms with Crippen molar-refractivity contribution in [3.8, 4) is 17.2 Å². The highest BCUT2D eigenvalue weighted by atomic mass is 35.5. The molecule has 1 atom stereocenters. The van der Waals surface area contributed by atoms with Crippen LogP contribution in [0.15, 0.2) is 103 Å². The molecule has 5 aromatic carbocycles. The van der Waals surface area contributed by atoms with Gasteiger partial charge in [-0.25, -0.2) is 4.79 Å². The zero-order chi connectivity index (χ0) is 31.3. The van der Waals surface area contributed by atoms with Crippen LogP contribution in [-0.4, -0.2) is 18.6 Å². The Labute approximate surface area is 268 Å². The van der Waals surface area contributed by atoms with Crippen LogP contribution < -0.4 is 19.7 Å². The molecule has 6 nitrogen and oxygen atoms in total. The van der Waals surface area contributed by atoms with Crippen LogP contribution >= 0.6 is 11.6 Å². The van der Waals surface area contributed by atoms with E-state index in [9.17, 15) is 4.79 Å². The summed E-state index contributed by atoms with van der Waals surface area (Å²) in [5, 5.41) is 4.17. The Balaban J connectivity index is 1.35. The summed E-state index contributed by atoms with van der Waals surface area (Å²) in [5.41, 5.74) is 6.45. The summed E-state index contributed by atoms with van der Waals surface area (Å²) in [6, 6.07) is 33.4. The van der Waals surface area contributed by atoms with E-state index in [-0.39, 0.29) is 12.1 Å². The number of aryl methyl sites for hydroxylation is 1. The number of halogens is 1. The maximum absolute atomic E-state index is 13.4. The summed E-state index contributed by atoms with van der Waals surface area (Å²) < 4.78 is 19.0. The molecule has 0 aromatic heterocycles. The van der Waals surface area contributed by atoms with Gasteiger partial charge in [0.15, 0.2) is 5.60 Å². The van der Waals surface area contributed by atoms with Crippen molar-refractivity contribution in [2.24, 2.45) is 0 Å². The Morgan fingerprint density at radius 3 is 2.29 bits per heavy atom. The lowest BCUT2D eigenvalue weighted by atomic mass is 9.77. The molecule has 0 fully saturated rings. The Hall–Kier alpha value is -4.94. The molecule has 45 heavy (non-hydrogen) atoms. The first-order valence-corrected chi connectivity index (χ1v) is 15.5. The van der Waals surface area contributed by atoms with Crippen molar-refractivity contribution in [3.05, 3.63) is 136 Å². The van der Waals surface area contributed by atoms with E-state index in [1.807, 2.05) is 106 Å². The largest absolute Gasteiger partial charge is 0.491 e. The third-order valence-corrected chi connectivity index (χ3v) is 8.57. The Morgan fingerprint density at radius 2 is 1.56 bits per heavy atom. The van der Waals surface area contributed by atoms with Gasteiger partial charge < -0.3 is 24.4 Å². The number of ether oxygens (including phenoxy) is 3. The van der Waals surface area contributed by atoms with E-state index >= 15 is 0 Å². The first-order chi connectivity index (χ1) is 21.8. The number of rotatable bonds is 7. The smallest absolute Gasteiger partial charge is 0.340 e. The first kappa shape index (κ1) is 28.8. The van der Waals surface area contributed by atoms with Crippen molar-refractivity contribution in [2.75, 3.05) is 16.8 Å². The van der Waals surface area contributed by atoms with Gasteiger partial charge in [-0.3, -0.25) is 0 Å². The number of hydrogen-bond acceptors (Lipinski definition) is 6. The minimum absolute atomic E-state index is 0.105. The molecule has 0 bridgehead atoms. The summed E-state index contributed by atoms with van der Waals surface area (Å²) in [6.45, 7) is 8.91. The molecule has 7 rings (SSSR count). The molecule has 0 saturated carbocycles. The van der Waals surface area contributed by atoms with E-state index < -0.39 is 5.60 Å². The molecule has 2 aliphatic heterocycles. The van der Waals surface area contributed by atoms with E-state index in [1.165, 1.54) is 0 Å². The number of nitrogens with zero attached hydrogens (tertiary/aromatic N) is 1. The number of fused-ring (bicyclic) bond motifs is 6. The highest BCUT2D eigenvalue weighted by Gasteiger charge is 2.53. The number of nitrogens with one attached hydrogen (secondary N) is 1. The molecule has 1 N–H and O–H groups in total. The maximum Gasteiger partial charge on any atom is 0.340 e. The summed E-state index contributed by atoms with van der Waals surface area (Å²) in [5.74, 6) is 1.75. The monoisotopic (exact) mass is 616 g/mol. The second kappa shape index (κ2) is 11.2. The van der Waals surface area contributed by atoms with E-state index in [1.54, 1.807) is 0 Å². The summed E-state index contributed by atoms with van der Waals surface area (Å²) in [4.78, 5) is 15.6. The number of anilines is 4. The summed E-state index contributed by atoms with van der Waals surface area (Å²) in [7, 11) is 0. The Kier molecular flexibility index (Phi) is 7.17. The van der Waals surface area contributed by atoms with Gasteiger partial charge in [0.25, 0.3) is 0 Å². The van der Waals surface area contributed by atoms with Crippen molar-refractivity contribution in [2.45, 2.75) is 39.4 Å². The van der Waals surface area contributed by atoms with E-state index in [2.05, 4.69) is 35.3 Å². The predicted octanol–water partition coefficient (Wildman–Crippen LogP) is 9.91. The molecule has 2 heterocycles. The summed E-state index contributed by atoms with van der Waals surface area (Å²) in [6.07, 6.45) is 0.105. The average Bonchev–Trinajstić information content (AvgIpc) is 3.32. The van der Waals surface area contributed by atoms with Gasteiger partial charge in [0.05, 0.1) is 11.7 Å². The molecule has 2 aliphatic rings. The average molecular weight is 617 g/mol. The van der Waals surface area contributed by atoms with Gasteiger partial charge in [-0.1, -0.05) is 29.8 Å². The van der Waals surface area contributed by atoms with E-state index in [0.29, 0.717) is 22.1 Å². The number of hydrogen-bond donors (Lipinski definition) is 1. The third kappa shape index (κ3) is 4.95. The molecule has 1 spiro atoms. The minimum atomic E-state index is -1.17.